The molecule has 0 saturated carbocycles. The summed E-state index contributed by atoms with van der Waals surface area (Å²) in [5.41, 5.74) is 1.66. The summed E-state index contributed by atoms with van der Waals surface area (Å²) in [7, 11) is 0. The van der Waals surface area contributed by atoms with Crippen LogP contribution in [0.25, 0.3) is 5.69 Å². The van der Waals surface area contributed by atoms with Crippen molar-refractivity contribution in [2.45, 2.75) is 0 Å². The molecule has 5 heteroatoms. The third kappa shape index (κ3) is 1.61. The van der Waals surface area contributed by atoms with Gasteiger partial charge in [-0.05, 0) is 24.3 Å². The summed E-state index contributed by atoms with van der Waals surface area (Å²) in [5, 5.41) is 6.53. The zero-order chi connectivity index (χ0) is 9.80. The molecule has 1 N–H and O–H groups in total. The second-order valence-corrected chi connectivity index (χ2v) is 2.65. The van der Waals surface area contributed by atoms with Crippen molar-refractivity contribution < 1.29 is 4.79 Å². The highest BCUT2D eigenvalue weighted by Gasteiger charge is 1.95. The fourth-order valence-electron chi connectivity index (χ4n) is 1.12. The first-order chi connectivity index (χ1) is 6.90. The summed E-state index contributed by atoms with van der Waals surface area (Å²) in [5.74, 6) is 0. The van der Waals surface area contributed by atoms with Gasteiger partial charge in [0.25, 0.3) is 0 Å². The number of aromatic nitrogens is 3. The molecule has 70 valence electrons. The number of carbonyl (C=O) groups is 1. The highest BCUT2D eigenvalue weighted by molar-refractivity contribution is 5.71. The maximum absolute atomic E-state index is 10.1. The van der Waals surface area contributed by atoms with E-state index in [1.807, 2.05) is 12.1 Å². The summed E-state index contributed by atoms with van der Waals surface area (Å²) in [4.78, 5) is 14.0. The van der Waals surface area contributed by atoms with Crippen LogP contribution in [-0.2, 0) is 4.79 Å². The number of hydrogen-bond donors (Lipinski definition) is 1. The van der Waals surface area contributed by atoms with Gasteiger partial charge in [-0.2, -0.15) is 5.10 Å². The third-order valence-electron chi connectivity index (χ3n) is 1.78. The Hall–Kier alpha value is -2.17. The van der Waals surface area contributed by atoms with Gasteiger partial charge < -0.3 is 5.32 Å². The summed E-state index contributed by atoms with van der Waals surface area (Å²) >= 11 is 0. The first-order valence-electron chi connectivity index (χ1n) is 4.05. The van der Waals surface area contributed by atoms with Crippen LogP contribution >= 0.6 is 0 Å². The van der Waals surface area contributed by atoms with E-state index in [1.165, 1.54) is 6.33 Å². The molecule has 2 aromatic rings. The van der Waals surface area contributed by atoms with Crippen LogP contribution in [0.4, 0.5) is 5.69 Å². The quantitative estimate of drug-likeness (QED) is 0.726. The SMILES string of the molecule is O=CNc1ccc(-n2cncn2)cc1. The van der Waals surface area contributed by atoms with Crippen LogP contribution in [0.2, 0.25) is 0 Å². The van der Waals surface area contributed by atoms with Gasteiger partial charge in [0.15, 0.2) is 0 Å². The number of nitrogens with zero attached hydrogens (tertiary/aromatic N) is 3. The molecule has 1 aromatic heterocycles. The van der Waals surface area contributed by atoms with Gasteiger partial charge in [0, 0.05) is 5.69 Å². The van der Waals surface area contributed by atoms with Crippen molar-refractivity contribution in [3.8, 4) is 5.69 Å². The Morgan fingerprint density at radius 1 is 1.29 bits per heavy atom. The zero-order valence-corrected chi connectivity index (χ0v) is 7.29. The van der Waals surface area contributed by atoms with Crippen LogP contribution in [-0.4, -0.2) is 21.2 Å². The lowest BCUT2D eigenvalue weighted by Crippen LogP contribution is -1.96. The van der Waals surface area contributed by atoms with E-state index >= 15 is 0 Å². The summed E-state index contributed by atoms with van der Waals surface area (Å²) in [6, 6.07) is 7.29. The fourth-order valence-corrected chi connectivity index (χ4v) is 1.12. The second-order valence-electron chi connectivity index (χ2n) is 2.65. The van der Waals surface area contributed by atoms with Gasteiger partial charge in [-0.1, -0.05) is 0 Å². The summed E-state index contributed by atoms with van der Waals surface area (Å²) < 4.78 is 1.64. The smallest absolute Gasteiger partial charge is 0.211 e. The lowest BCUT2D eigenvalue weighted by molar-refractivity contribution is -0.105. The normalized spacial score (nSPS) is 9.71. The van der Waals surface area contributed by atoms with E-state index in [2.05, 4.69) is 15.4 Å². The monoisotopic (exact) mass is 188 g/mol. The predicted molar refractivity (Wildman–Crippen MR) is 51.0 cm³/mol. The number of benzene rings is 1. The fraction of sp³-hybridized carbons (Fsp3) is 0. The maximum atomic E-state index is 10.1. The highest BCUT2D eigenvalue weighted by atomic mass is 16.1. The Morgan fingerprint density at radius 3 is 2.64 bits per heavy atom. The van der Waals surface area contributed by atoms with Gasteiger partial charge in [0.2, 0.25) is 6.41 Å². The van der Waals surface area contributed by atoms with Gasteiger partial charge in [-0.25, -0.2) is 9.67 Å². The molecule has 0 aliphatic carbocycles. The molecule has 14 heavy (non-hydrogen) atoms. The van der Waals surface area contributed by atoms with Crippen LogP contribution in [0, 0.1) is 0 Å². The number of rotatable bonds is 3. The van der Waals surface area contributed by atoms with E-state index in [-0.39, 0.29) is 0 Å². The first kappa shape index (κ1) is 8.43. The van der Waals surface area contributed by atoms with E-state index in [1.54, 1.807) is 23.1 Å². The molecular weight excluding hydrogens is 180 g/mol. The van der Waals surface area contributed by atoms with Crippen molar-refractivity contribution in [1.29, 1.82) is 0 Å². The largest absolute Gasteiger partial charge is 0.329 e. The van der Waals surface area contributed by atoms with Crippen molar-refractivity contribution in [1.82, 2.24) is 14.8 Å². The second kappa shape index (κ2) is 3.69. The number of carbonyl (C=O) groups excluding carboxylic acids is 1. The Bertz CT molecular complexity index is 407. The van der Waals surface area contributed by atoms with Crippen LogP contribution in [0.15, 0.2) is 36.9 Å². The van der Waals surface area contributed by atoms with Gasteiger partial charge in [0.05, 0.1) is 5.69 Å². The molecule has 1 heterocycles. The lowest BCUT2D eigenvalue weighted by atomic mass is 10.3. The molecule has 0 fully saturated rings. The number of nitrogens with one attached hydrogen (secondary N) is 1. The van der Waals surface area contributed by atoms with E-state index in [9.17, 15) is 4.79 Å². The zero-order valence-electron chi connectivity index (χ0n) is 7.29. The lowest BCUT2D eigenvalue weighted by Gasteiger charge is -2.01. The minimum absolute atomic E-state index is 0.643. The van der Waals surface area contributed by atoms with Gasteiger partial charge in [-0.3, -0.25) is 4.79 Å². The average molecular weight is 188 g/mol. The molecule has 0 aliphatic rings. The average Bonchev–Trinajstić information content (AvgIpc) is 2.72. The molecular formula is C9H8N4O. The first-order valence-corrected chi connectivity index (χ1v) is 4.05. The standard InChI is InChI=1S/C9H8N4O/c14-7-11-8-1-3-9(4-2-8)13-6-10-5-12-13/h1-7H,(H,11,14). The minimum Gasteiger partial charge on any atom is -0.329 e. The van der Waals surface area contributed by atoms with Crippen molar-refractivity contribution in [3.05, 3.63) is 36.9 Å². The van der Waals surface area contributed by atoms with E-state index in [4.69, 9.17) is 0 Å². The molecule has 0 aliphatic heterocycles. The van der Waals surface area contributed by atoms with E-state index < -0.39 is 0 Å². The Balaban J connectivity index is 2.26. The van der Waals surface area contributed by atoms with Crippen molar-refractivity contribution >= 4 is 12.1 Å². The van der Waals surface area contributed by atoms with E-state index in [0.717, 1.165) is 11.4 Å². The van der Waals surface area contributed by atoms with Crippen molar-refractivity contribution in [2.24, 2.45) is 0 Å². The molecule has 0 atom stereocenters. The highest BCUT2D eigenvalue weighted by Crippen LogP contribution is 2.10. The topological polar surface area (TPSA) is 59.8 Å². The molecule has 0 saturated heterocycles. The third-order valence-corrected chi connectivity index (χ3v) is 1.78. The maximum Gasteiger partial charge on any atom is 0.211 e. The van der Waals surface area contributed by atoms with Crippen LogP contribution in [0.5, 0.6) is 0 Å². The van der Waals surface area contributed by atoms with Crippen molar-refractivity contribution in [2.75, 3.05) is 5.32 Å². The molecule has 0 unspecified atom stereocenters. The van der Waals surface area contributed by atoms with Gasteiger partial charge in [0.1, 0.15) is 12.7 Å². The molecule has 0 bridgehead atoms. The summed E-state index contributed by atoms with van der Waals surface area (Å²) in [6.07, 6.45) is 3.73. The Morgan fingerprint density at radius 2 is 2.07 bits per heavy atom. The molecule has 5 nitrogen and oxygen atoms in total. The molecule has 0 radical (unpaired) electrons. The number of amides is 1. The Labute approximate surface area is 80.4 Å². The van der Waals surface area contributed by atoms with Crippen LogP contribution in [0.1, 0.15) is 0 Å². The number of hydrogen-bond acceptors (Lipinski definition) is 3. The van der Waals surface area contributed by atoms with Gasteiger partial charge >= 0.3 is 0 Å². The minimum atomic E-state index is 0.643. The van der Waals surface area contributed by atoms with E-state index in [0.29, 0.717) is 6.41 Å². The van der Waals surface area contributed by atoms with Gasteiger partial charge in [-0.15, -0.1) is 0 Å². The van der Waals surface area contributed by atoms with Crippen molar-refractivity contribution in [3.63, 3.8) is 0 Å². The molecule has 1 amide bonds. The molecule has 0 spiro atoms. The number of anilines is 1. The summed E-state index contributed by atoms with van der Waals surface area (Å²) in [6.45, 7) is 0. The molecule has 1 aromatic carbocycles. The van der Waals surface area contributed by atoms with Crippen LogP contribution < -0.4 is 5.32 Å². The Kier molecular flexibility index (Phi) is 2.22. The predicted octanol–water partition coefficient (Wildman–Crippen LogP) is 0.836. The molecule has 2 rings (SSSR count). The van der Waals surface area contributed by atoms with Crippen LogP contribution in [0.3, 0.4) is 0 Å².